The number of pyridine rings is 2. The van der Waals surface area contributed by atoms with Crippen LogP contribution in [0.15, 0.2) is 60.0 Å². The van der Waals surface area contributed by atoms with E-state index < -0.39 is 0 Å². The van der Waals surface area contributed by atoms with E-state index >= 15 is 0 Å². The Balaban J connectivity index is 1.18. The fraction of sp³-hybridized carbons (Fsp3) is 0.438. The van der Waals surface area contributed by atoms with Crippen LogP contribution in [0.4, 0.5) is 11.5 Å². The van der Waals surface area contributed by atoms with Crippen LogP contribution in [0, 0.1) is 0 Å². The van der Waals surface area contributed by atoms with E-state index in [0.717, 1.165) is 99.8 Å². The monoisotopic (exact) mass is 552 g/mol. The molecule has 9 heteroatoms. The van der Waals surface area contributed by atoms with Crippen LogP contribution in [-0.2, 0) is 17.8 Å². The predicted molar refractivity (Wildman–Crippen MR) is 165 cm³/mol. The molecule has 0 aliphatic carbocycles. The Morgan fingerprint density at radius 3 is 2.39 bits per heavy atom. The van der Waals surface area contributed by atoms with Crippen LogP contribution in [0.2, 0.25) is 0 Å². The first-order valence-corrected chi connectivity index (χ1v) is 14.8. The van der Waals surface area contributed by atoms with Gasteiger partial charge in [0.15, 0.2) is 0 Å². The van der Waals surface area contributed by atoms with Crippen LogP contribution in [-0.4, -0.2) is 109 Å². The van der Waals surface area contributed by atoms with Crippen molar-refractivity contribution in [2.24, 2.45) is 4.99 Å². The Labute approximate surface area is 242 Å². The van der Waals surface area contributed by atoms with Gasteiger partial charge < -0.3 is 20.0 Å². The molecule has 1 amide bonds. The fourth-order valence-corrected chi connectivity index (χ4v) is 5.80. The number of piperazine rings is 2. The molecular weight excluding hydrogens is 512 g/mol. The Morgan fingerprint density at radius 2 is 1.63 bits per heavy atom. The Bertz CT molecular complexity index is 1390. The van der Waals surface area contributed by atoms with Gasteiger partial charge in [0.1, 0.15) is 11.5 Å². The lowest BCUT2D eigenvalue weighted by atomic mass is 9.94. The van der Waals surface area contributed by atoms with Gasteiger partial charge in [0.2, 0.25) is 0 Å². The maximum absolute atomic E-state index is 13.5. The van der Waals surface area contributed by atoms with Crippen molar-refractivity contribution in [1.29, 1.82) is 0 Å². The quantitative estimate of drug-likeness (QED) is 0.504. The number of aryl methyl sites for hydroxylation is 1. The summed E-state index contributed by atoms with van der Waals surface area (Å²) in [6, 6.07) is 12.6. The number of aromatic nitrogens is 2. The molecule has 0 saturated carbocycles. The van der Waals surface area contributed by atoms with Crippen LogP contribution in [0.3, 0.4) is 0 Å². The van der Waals surface area contributed by atoms with Crippen molar-refractivity contribution in [3.8, 4) is 11.1 Å². The van der Waals surface area contributed by atoms with Crippen molar-refractivity contribution in [2.45, 2.75) is 19.4 Å². The second-order valence-corrected chi connectivity index (χ2v) is 11.5. The molecule has 2 saturated heterocycles. The van der Waals surface area contributed by atoms with Gasteiger partial charge in [-0.25, -0.2) is 4.98 Å². The minimum Gasteiger partial charge on any atom is -0.354 e. The lowest BCUT2D eigenvalue weighted by molar-refractivity contribution is -0.110. The molecule has 3 aliphatic rings. The number of hydrogen-bond acceptors (Lipinski definition) is 8. The third kappa shape index (κ3) is 6.64. The van der Waals surface area contributed by atoms with Gasteiger partial charge in [-0.1, -0.05) is 12.1 Å². The van der Waals surface area contributed by atoms with E-state index in [-0.39, 0.29) is 5.91 Å². The summed E-state index contributed by atoms with van der Waals surface area (Å²) in [5, 5.41) is 3.05. The third-order valence-electron chi connectivity index (χ3n) is 8.42. The number of carbonyl (C=O) groups excluding carboxylic acids is 1. The summed E-state index contributed by atoms with van der Waals surface area (Å²) in [6.45, 7) is 9.84. The average molecular weight is 553 g/mol. The zero-order valence-corrected chi connectivity index (χ0v) is 24.2. The first-order chi connectivity index (χ1) is 20.0. The van der Waals surface area contributed by atoms with E-state index in [2.05, 4.69) is 73.2 Å². The molecule has 5 heterocycles. The van der Waals surface area contributed by atoms with Crippen LogP contribution in [0.25, 0.3) is 11.1 Å². The van der Waals surface area contributed by atoms with Crippen LogP contribution in [0.1, 0.15) is 23.1 Å². The van der Waals surface area contributed by atoms with Gasteiger partial charge in [0.25, 0.3) is 5.91 Å². The lowest BCUT2D eigenvalue weighted by Gasteiger charge is -2.33. The zero-order chi connectivity index (χ0) is 28.2. The summed E-state index contributed by atoms with van der Waals surface area (Å²) in [7, 11) is 4.32. The number of likely N-dealkylation sites (N-methyl/N-ethyl adjacent to an activating group) is 2. The number of carbonyl (C=O) groups is 1. The van der Waals surface area contributed by atoms with Crippen molar-refractivity contribution in [3.63, 3.8) is 0 Å². The summed E-state index contributed by atoms with van der Waals surface area (Å²) >= 11 is 0. The molecule has 1 N–H and O–H groups in total. The van der Waals surface area contributed by atoms with Crippen molar-refractivity contribution in [2.75, 3.05) is 83.2 Å². The van der Waals surface area contributed by atoms with Crippen molar-refractivity contribution in [1.82, 2.24) is 24.7 Å². The van der Waals surface area contributed by atoms with Gasteiger partial charge in [-0.15, -0.1) is 0 Å². The summed E-state index contributed by atoms with van der Waals surface area (Å²) in [4.78, 5) is 37.0. The highest BCUT2D eigenvalue weighted by molar-refractivity contribution is 6.49. The van der Waals surface area contributed by atoms with Gasteiger partial charge >= 0.3 is 0 Å². The molecule has 214 valence electrons. The lowest BCUT2D eigenvalue weighted by Crippen LogP contribution is -2.44. The number of amides is 1. The van der Waals surface area contributed by atoms with E-state index in [1.54, 1.807) is 6.20 Å². The molecular formula is C32H40N8O. The number of nitrogens with one attached hydrogen (secondary N) is 1. The minimum atomic E-state index is -0.193. The van der Waals surface area contributed by atoms with E-state index in [1.807, 2.05) is 24.5 Å². The fourth-order valence-electron chi connectivity index (χ4n) is 5.80. The third-order valence-corrected chi connectivity index (χ3v) is 8.42. The van der Waals surface area contributed by atoms with Gasteiger partial charge in [-0.2, -0.15) is 0 Å². The van der Waals surface area contributed by atoms with E-state index in [9.17, 15) is 4.79 Å². The standard InChI is InChI=1S/C32H40N8O/c1-37-10-14-39(15-11-37)23-24-18-27(21-33-20-24)26-6-5-25-4-3-9-34-31(29(25)19-26)32(41)36-28-7-8-30(35-22-28)40-16-12-38(2)13-17-40/h5-8,18-22H,3-4,9-17,23H2,1-2H3,(H,36,41). The van der Waals surface area contributed by atoms with Gasteiger partial charge in [0, 0.05) is 89.0 Å². The van der Waals surface area contributed by atoms with E-state index in [0.29, 0.717) is 17.9 Å². The Kier molecular flexibility index (Phi) is 8.36. The summed E-state index contributed by atoms with van der Waals surface area (Å²) in [5.74, 6) is 0.753. The summed E-state index contributed by atoms with van der Waals surface area (Å²) in [6.07, 6.45) is 7.45. The molecule has 0 unspecified atom stereocenters. The average Bonchev–Trinajstić information content (AvgIpc) is 3.22. The Morgan fingerprint density at radius 1 is 0.854 bits per heavy atom. The second-order valence-electron chi connectivity index (χ2n) is 11.5. The normalized spacial score (nSPS) is 18.9. The SMILES string of the molecule is CN1CCN(Cc2cncc(-c3ccc4c(c3)C(C(=O)Nc3ccc(N5CCN(C)CC5)nc3)=NCCC4)c2)CC1. The Hall–Kier alpha value is -3.66. The molecule has 9 nitrogen and oxygen atoms in total. The highest BCUT2D eigenvalue weighted by Gasteiger charge is 2.22. The molecule has 3 aromatic rings. The highest BCUT2D eigenvalue weighted by atomic mass is 16.1. The largest absolute Gasteiger partial charge is 0.354 e. The predicted octanol–water partition coefficient (Wildman–Crippen LogP) is 3.02. The molecule has 0 radical (unpaired) electrons. The number of fused-ring (bicyclic) bond motifs is 1. The maximum Gasteiger partial charge on any atom is 0.274 e. The van der Waals surface area contributed by atoms with Crippen molar-refractivity contribution < 1.29 is 4.79 Å². The number of rotatable bonds is 6. The van der Waals surface area contributed by atoms with Crippen LogP contribution < -0.4 is 10.2 Å². The number of aliphatic imine (C=N–C) groups is 1. The molecule has 41 heavy (non-hydrogen) atoms. The summed E-state index contributed by atoms with van der Waals surface area (Å²) < 4.78 is 0. The van der Waals surface area contributed by atoms with E-state index in [4.69, 9.17) is 4.99 Å². The molecule has 1 aromatic carbocycles. The molecule has 3 aliphatic heterocycles. The van der Waals surface area contributed by atoms with Gasteiger partial charge in [-0.3, -0.25) is 19.7 Å². The van der Waals surface area contributed by atoms with Gasteiger partial charge in [0.05, 0.1) is 11.9 Å². The van der Waals surface area contributed by atoms with Crippen molar-refractivity contribution in [3.05, 3.63) is 71.7 Å². The van der Waals surface area contributed by atoms with Crippen molar-refractivity contribution >= 4 is 23.1 Å². The molecule has 0 bridgehead atoms. The smallest absolute Gasteiger partial charge is 0.274 e. The molecule has 0 spiro atoms. The molecule has 6 rings (SSSR count). The molecule has 2 fully saturated rings. The topological polar surface area (TPSA) is 80.2 Å². The zero-order valence-electron chi connectivity index (χ0n) is 24.2. The number of hydrogen-bond donors (Lipinski definition) is 1. The maximum atomic E-state index is 13.5. The second kappa shape index (κ2) is 12.5. The van der Waals surface area contributed by atoms with E-state index in [1.165, 1.54) is 5.56 Å². The minimum absolute atomic E-state index is 0.193. The van der Waals surface area contributed by atoms with Crippen LogP contribution >= 0.6 is 0 Å². The van der Waals surface area contributed by atoms with Gasteiger partial charge in [-0.05, 0) is 67.9 Å². The number of benzene rings is 1. The molecule has 2 aromatic heterocycles. The number of anilines is 2. The first kappa shape index (κ1) is 27.5. The van der Waals surface area contributed by atoms with Crippen LogP contribution in [0.5, 0.6) is 0 Å². The first-order valence-electron chi connectivity index (χ1n) is 14.8. The number of nitrogens with zero attached hydrogens (tertiary/aromatic N) is 7. The molecule has 0 atom stereocenters. The summed E-state index contributed by atoms with van der Waals surface area (Å²) in [5.41, 5.74) is 6.56. The highest BCUT2D eigenvalue weighted by Crippen LogP contribution is 2.27.